The second kappa shape index (κ2) is 4.25. The van der Waals surface area contributed by atoms with Gasteiger partial charge in [-0.2, -0.15) is 0 Å². The van der Waals surface area contributed by atoms with E-state index in [1.54, 1.807) is 11.9 Å². The predicted octanol–water partition coefficient (Wildman–Crippen LogP) is -0.759. The fourth-order valence-electron chi connectivity index (χ4n) is 1.93. The SMILES string of the molecule is COC[C@@]1(O)C[C@@H](C(=O)OC)N(C)C1. The summed E-state index contributed by atoms with van der Waals surface area (Å²) in [6, 6.07) is -0.361. The molecule has 14 heavy (non-hydrogen) atoms. The van der Waals surface area contributed by atoms with Crippen LogP contribution in [0.1, 0.15) is 6.42 Å². The van der Waals surface area contributed by atoms with Crippen molar-refractivity contribution in [2.24, 2.45) is 0 Å². The van der Waals surface area contributed by atoms with Gasteiger partial charge in [0, 0.05) is 20.1 Å². The number of carbonyl (C=O) groups excluding carboxylic acids is 1. The zero-order chi connectivity index (χ0) is 10.8. The van der Waals surface area contributed by atoms with Crippen molar-refractivity contribution in [2.45, 2.75) is 18.1 Å². The normalized spacial score (nSPS) is 33.3. The summed E-state index contributed by atoms with van der Waals surface area (Å²) in [5, 5.41) is 10.0. The Morgan fingerprint density at radius 1 is 1.64 bits per heavy atom. The molecular weight excluding hydrogens is 186 g/mol. The molecule has 1 aliphatic rings. The van der Waals surface area contributed by atoms with Gasteiger partial charge in [0.05, 0.1) is 13.7 Å². The van der Waals surface area contributed by atoms with Crippen molar-refractivity contribution in [3.8, 4) is 0 Å². The summed E-state index contributed by atoms with van der Waals surface area (Å²) >= 11 is 0. The number of likely N-dealkylation sites (N-methyl/N-ethyl adjacent to an activating group) is 1. The molecule has 5 nitrogen and oxygen atoms in total. The van der Waals surface area contributed by atoms with Gasteiger partial charge in [0.2, 0.25) is 0 Å². The van der Waals surface area contributed by atoms with Gasteiger partial charge in [-0.1, -0.05) is 0 Å². The van der Waals surface area contributed by atoms with Gasteiger partial charge in [0.15, 0.2) is 0 Å². The average molecular weight is 203 g/mol. The molecule has 82 valence electrons. The van der Waals surface area contributed by atoms with E-state index in [-0.39, 0.29) is 18.6 Å². The van der Waals surface area contributed by atoms with E-state index in [0.29, 0.717) is 13.0 Å². The Morgan fingerprint density at radius 3 is 2.79 bits per heavy atom. The Balaban J connectivity index is 2.63. The molecule has 0 amide bonds. The Hall–Kier alpha value is -0.650. The first-order valence-corrected chi connectivity index (χ1v) is 4.52. The van der Waals surface area contributed by atoms with Crippen LogP contribution in [0.3, 0.4) is 0 Å². The number of likely N-dealkylation sites (tertiary alicyclic amines) is 1. The van der Waals surface area contributed by atoms with Crippen molar-refractivity contribution in [3.63, 3.8) is 0 Å². The molecule has 0 unspecified atom stereocenters. The summed E-state index contributed by atoms with van der Waals surface area (Å²) in [4.78, 5) is 13.1. The number of rotatable bonds is 3. The zero-order valence-corrected chi connectivity index (χ0v) is 8.82. The number of esters is 1. The fourth-order valence-corrected chi connectivity index (χ4v) is 1.93. The van der Waals surface area contributed by atoms with E-state index in [1.807, 2.05) is 0 Å². The molecule has 0 bridgehead atoms. The number of methoxy groups -OCH3 is 2. The molecule has 0 spiro atoms. The molecule has 0 aliphatic carbocycles. The van der Waals surface area contributed by atoms with Crippen LogP contribution in [0, 0.1) is 0 Å². The zero-order valence-electron chi connectivity index (χ0n) is 8.82. The first-order chi connectivity index (χ1) is 6.52. The molecule has 0 aromatic rings. The highest BCUT2D eigenvalue weighted by atomic mass is 16.5. The number of hydrogen-bond donors (Lipinski definition) is 1. The summed E-state index contributed by atoms with van der Waals surface area (Å²) in [6.07, 6.45) is 0.365. The van der Waals surface area contributed by atoms with Gasteiger partial charge < -0.3 is 14.6 Å². The lowest BCUT2D eigenvalue weighted by molar-refractivity contribution is -0.145. The van der Waals surface area contributed by atoms with Crippen molar-refractivity contribution in [2.75, 3.05) is 34.4 Å². The Morgan fingerprint density at radius 2 is 2.29 bits per heavy atom. The monoisotopic (exact) mass is 203 g/mol. The largest absolute Gasteiger partial charge is 0.468 e. The van der Waals surface area contributed by atoms with Crippen LogP contribution in [-0.2, 0) is 14.3 Å². The molecule has 2 atom stereocenters. The quantitative estimate of drug-likeness (QED) is 0.611. The van der Waals surface area contributed by atoms with E-state index in [0.717, 1.165) is 0 Å². The van der Waals surface area contributed by atoms with E-state index in [1.165, 1.54) is 14.2 Å². The maximum Gasteiger partial charge on any atom is 0.323 e. The number of β-amino-alcohol motifs (C(OH)–C–C–N with tert-alkyl or cyclic N) is 1. The molecule has 1 N–H and O–H groups in total. The third-order valence-electron chi connectivity index (χ3n) is 2.54. The Kier molecular flexibility index (Phi) is 3.47. The van der Waals surface area contributed by atoms with Crippen LogP contribution in [-0.4, -0.2) is 62.0 Å². The maximum absolute atomic E-state index is 11.3. The highest BCUT2D eigenvalue weighted by molar-refractivity contribution is 5.76. The number of ether oxygens (including phenoxy) is 2. The standard InChI is InChI=1S/C9H17NO4/c1-10-5-9(12,6-13-2)4-7(10)8(11)14-3/h7,12H,4-6H2,1-3H3/t7-,9+/m0/s1. The van der Waals surface area contributed by atoms with E-state index in [9.17, 15) is 9.90 Å². The Labute approximate surface area is 83.6 Å². The maximum atomic E-state index is 11.3. The molecule has 1 aliphatic heterocycles. The Bertz CT molecular complexity index is 221. The molecule has 0 radical (unpaired) electrons. The van der Waals surface area contributed by atoms with Crippen molar-refractivity contribution in [3.05, 3.63) is 0 Å². The molecule has 5 heteroatoms. The minimum Gasteiger partial charge on any atom is -0.468 e. The molecule has 1 heterocycles. The summed E-state index contributed by atoms with van der Waals surface area (Å²) in [6.45, 7) is 0.672. The van der Waals surface area contributed by atoms with Gasteiger partial charge in [-0.3, -0.25) is 9.69 Å². The van der Waals surface area contributed by atoms with Gasteiger partial charge in [-0.25, -0.2) is 0 Å². The number of carbonyl (C=O) groups is 1. The highest BCUT2D eigenvalue weighted by Gasteiger charge is 2.44. The molecule has 1 fully saturated rings. The summed E-state index contributed by atoms with van der Waals surface area (Å²) in [5.74, 6) is -0.306. The van der Waals surface area contributed by atoms with Gasteiger partial charge in [0.25, 0.3) is 0 Å². The van der Waals surface area contributed by atoms with E-state index in [2.05, 4.69) is 4.74 Å². The number of nitrogens with zero attached hydrogens (tertiary/aromatic N) is 1. The first kappa shape index (κ1) is 11.4. The van der Waals surface area contributed by atoms with Gasteiger partial charge >= 0.3 is 5.97 Å². The third kappa shape index (κ3) is 2.23. The number of aliphatic hydroxyl groups is 1. The van der Waals surface area contributed by atoms with Crippen LogP contribution in [0.5, 0.6) is 0 Å². The van der Waals surface area contributed by atoms with Crippen LogP contribution in [0.2, 0.25) is 0 Å². The summed E-state index contributed by atoms with van der Waals surface area (Å²) in [7, 11) is 4.67. The third-order valence-corrected chi connectivity index (χ3v) is 2.54. The molecule has 1 saturated heterocycles. The van der Waals surface area contributed by atoms with Crippen LogP contribution in [0.4, 0.5) is 0 Å². The van der Waals surface area contributed by atoms with Crippen molar-refractivity contribution in [1.82, 2.24) is 4.90 Å². The lowest BCUT2D eigenvalue weighted by atomic mass is 10.0. The van der Waals surface area contributed by atoms with Crippen molar-refractivity contribution < 1.29 is 19.4 Å². The van der Waals surface area contributed by atoms with Gasteiger partial charge in [-0.15, -0.1) is 0 Å². The smallest absolute Gasteiger partial charge is 0.323 e. The minimum atomic E-state index is -0.928. The lowest BCUT2D eigenvalue weighted by Gasteiger charge is -2.20. The van der Waals surface area contributed by atoms with Gasteiger partial charge in [-0.05, 0) is 7.05 Å². The second-order valence-corrected chi connectivity index (χ2v) is 3.82. The topological polar surface area (TPSA) is 59.0 Å². The molecule has 0 saturated carbocycles. The highest BCUT2D eigenvalue weighted by Crippen LogP contribution is 2.26. The molecular formula is C9H17NO4. The number of hydrogen-bond acceptors (Lipinski definition) is 5. The summed E-state index contributed by atoms with van der Waals surface area (Å²) in [5.41, 5.74) is -0.928. The molecule has 0 aromatic heterocycles. The van der Waals surface area contributed by atoms with Crippen LogP contribution in [0.15, 0.2) is 0 Å². The molecule has 0 aromatic carbocycles. The average Bonchev–Trinajstić information content (AvgIpc) is 2.41. The van der Waals surface area contributed by atoms with Gasteiger partial charge in [0.1, 0.15) is 11.6 Å². The minimum absolute atomic E-state index is 0.241. The van der Waals surface area contributed by atoms with Crippen molar-refractivity contribution in [1.29, 1.82) is 0 Å². The van der Waals surface area contributed by atoms with Crippen LogP contribution >= 0.6 is 0 Å². The second-order valence-electron chi connectivity index (χ2n) is 3.82. The summed E-state index contributed by atoms with van der Waals surface area (Å²) < 4.78 is 9.55. The van der Waals surface area contributed by atoms with E-state index in [4.69, 9.17) is 4.74 Å². The van der Waals surface area contributed by atoms with E-state index >= 15 is 0 Å². The van der Waals surface area contributed by atoms with Crippen LogP contribution in [0.25, 0.3) is 0 Å². The lowest BCUT2D eigenvalue weighted by Crippen LogP contribution is -2.36. The van der Waals surface area contributed by atoms with E-state index < -0.39 is 5.60 Å². The van der Waals surface area contributed by atoms with Crippen molar-refractivity contribution >= 4 is 5.97 Å². The van der Waals surface area contributed by atoms with Crippen LogP contribution < -0.4 is 0 Å². The predicted molar refractivity (Wildman–Crippen MR) is 49.9 cm³/mol. The fraction of sp³-hybridized carbons (Fsp3) is 0.889. The molecule has 1 rings (SSSR count). The first-order valence-electron chi connectivity index (χ1n) is 4.52.